The Morgan fingerprint density at radius 1 is 1.04 bits per heavy atom. The molecule has 0 fully saturated rings. The van der Waals surface area contributed by atoms with Crippen molar-refractivity contribution in [3.63, 3.8) is 0 Å². The Kier molecular flexibility index (Phi) is 4.71. The maximum absolute atomic E-state index is 13.7. The minimum absolute atomic E-state index is 0.0215. The Bertz CT molecular complexity index is 1120. The molecule has 3 rings (SSSR count). The fourth-order valence-electron chi connectivity index (χ4n) is 2.60. The van der Waals surface area contributed by atoms with E-state index in [-0.39, 0.29) is 21.8 Å². The van der Waals surface area contributed by atoms with Gasteiger partial charge in [0.2, 0.25) is 0 Å². The second-order valence-corrected chi connectivity index (χ2v) is 7.52. The number of anilines is 1. The van der Waals surface area contributed by atoms with E-state index in [0.717, 1.165) is 18.2 Å². The Morgan fingerprint density at radius 3 is 2.26 bits per heavy atom. The monoisotopic (exact) mass is 391 g/mol. The number of halogens is 2. The number of nitrogens with two attached hydrogens (primary N) is 1. The third-order valence-electron chi connectivity index (χ3n) is 3.92. The van der Waals surface area contributed by atoms with Gasteiger partial charge in [0.15, 0.2) is 0 Å². The summed E-state index contributed by atoms with van der Waals surface area (Å²) in [5.41, 5.74) is 6.00. The van der Waals surface area contributed by atoms with Gasteiger partial charge in [0.25, 0.3) is 15.9 Å². The lowest BCUT2D eigenvalue weighted by Gasteiger charge is -2.12. The number of primary amides is 1. The number of amides is 1. The zero-order valence-electron chi connectivity index (χ0n) is 14.1. The Morgan fingerprint density at radius 2 is 1.67 bits per heavy atom. The van der Waals surface area contributed by atoms with Gasteiger partial charge in [-0.3, -0.25) is 9.52 Å². The van der Waals surface area contributed by atoms with E-state index in [0.29, 0.717) is 5.56 Å². The molecule has 6 nitrogen and oxygen atoms in total. The second-order valence-electron chi connectivity index (χ2n) is 5.84. The lowest BCUT2D eigenvalue weighted by molar-refractivity contribution is 0.0992. The molecule has 140 valence electrons. The van der Waals surface area contributed by atoms with Gasteiger partial charge in [0.1, 0.15) is 22.2 Å². The number of nitrogens with zero attached hydrogens (tertiary/aromatic N) is 1. The standard InChI is InChI=1S/C18H15F2N3O3S/c1-23-10-14(9-17(23)18(21)24)27(25,26)22-16-7-6-13(20)8-15(16)11-2-4-12(19)5-3-11/h2-10,22H,1H3,(H2,21,24). The molecule has 0 unspecified atom stereocenters. The number of carbonyl (C=O) groups excluding carboxylic acids is 1. The van der Waals surface area contributed by atoms with Crippen molar-refractivity contribution < 1.29 is 22.0 Å². The van der Waals surface area contributed by atoms with Crippen molar-refractivity contribution in [3.8, 4) is 11.1 Å². The minimum atomic E-state index is -4.08. The summed E-state index contributed by atoms with van der Waals surface area (Å²) in [6, 6.07) is 9.86. The van der Waals surface area contributed by atoms with Crippen LogP contribution >= 0.6 is 0 Å². The molecule has 0 radical (unpaired) electrons. The summed E-state index contributed by atoms with van der Waals surface area (Å²) in [6.07, 6.45) is 1.24. The molecule has 0 saturated heterocycles. The number of benzene rings is 2. The zero-order chi connectivity index (χ0) is 19.8. The first-order valence-electron chi connectivity index (χ1n) is 7.72. The number of rotatable bonds is 5. The summed E-state index contributed by atoms with van der Waals surface area (Å²) in [7, 11) is -2.59. The van der Waals surface area contributed by atoms with E-state index in [4.69, 9.17) is 5.73 Å². The Labute approximate surface area is 154 Å². The first-order chi connectivity index (χ1) is 12.7. The molecule has 3 aromatic rings. The van der Waals surface area contributed by atoms with Crippen LogP contribution in [0.2, 0.25) is 0 Å². The normalized spacial score (nSPS) is 11.4. The third kappa shape index (κ3) is 3.82. The topological polar surface area (TPSA) is 94.2 Å². The summed E-state index contributed by atoms with van der Waals surface area (Å²) in [6.45, 7) is 0. The molecule has 0 aliphatic heterocycles. The van der Waals surface area contributed by atoms with Gasteiger partial charge in [-0.25, -0.2) is 17.2 Å². The van der Waals surface area contributed by atoms with Crippen molar-refractivity contribution in [3.05, 3.63) is 72.1 Å². The number of aromatic nitrogens is 1. The average Bonchev–Trinajstić information content (AvgIpc) is 3.00. The molecule has 27 heavy (non-hydrogen) atoms. The number of hydrogen-bond donors (Lipinski definition) is 2. The highest BCUT2D eigenvalue weighted by atomic mass is 32.2. The second kappa shape index (κ2) is 6.84. The summed E-state index contributed by atoms with van der Waals surface area (Å²) in [4.78, 5) is 11.2. The van der Waals surface area contributed by atoms with Gasteiger partial charge in [-0.05, 0) is 42.0 Å². The summed E-state index contributed by atoms with van der Waals surface area (Å²) in [5, 5.41) is 0. The first kappa shape index (κ1) is 18.6. The molecular formula is C18H15F2N3O3S. The maximum Gasteiger partial charge on any atom is 0.265 e. The third-order valence-corrected chi connectivity index (χ3v) is 5.26. The van der Waals surface area contributed by atoms with Gasteiger partial charge in [0.05, 0.1) is 5.69 Å². The molecule has 0 spiro atoms. The number of nitrogens with one attached hydrogen (secondary N) is 1. The van der Waals surface area contributed by atoms with Gasteiger partial charge in [0, 0.05) is 18.8 Å². The lowest BCUT2D eigenvalue weighted by Crippen LogP contribution is -2.14. The first-order valence-corrected chi connectivity index (χ1v) is 9.20. The molecule has 1 heterocycles. The molecule has 0 bridgehead atoms. The van der Waals surface area contributed by atoms with E-state index in [2.05, 4.69) is 4.72 Å². The predicted octanol–water partition coefficient (Wildman–Crippen LogP) is 2.87. The highest BCUT2D eigenvalue weighted by Gasteiger charge is 2.21. The number of aryl methyl sites for hydroxylation is 1. The van der Waals surface area contributed by atoms with E-state index in [1.54, 1.807) is 0 Å². The summed E-state index contributed by atoms with van der Waals surface area (Å²) >= 11 is 0. The van der Waals surface area contributed by atoms with Gasteiger partial charge < -0.3 is 10.3 Å². The Balaban J connectivity index is 2.03. The average molecular weight is 391 g/mol. The van der Waals surface area contributed by atoms with Crippen LogP contribution in [-0.2, 0) is 17.1 Å². The van der Waals surface area contributed by atoms with Crippen LogP contribution in [0.3, 0.4) is 0 Å². The van der Waals surface area contributed by atoms with Crippen molar-refractivity contribution in [2.75, 3.05) is 4.72 Å². The fourth-order valence-corrected chi connectivity index (χ4v) is 3.75. The van der Waals surface area contributed by atoms with Crippen molar-refractivity contribution in [1.29, 1.82) is 0 Å². The van der Waals surface area contributed by atoms with Crippen LogP contribution in [0.4, 0.5) is 14.5 Å². The van der Waals surface area contributed by atoms with Crippen molar-refractivity contribution in [1.82, 2.24) is 4.57 Å². The molecule has 0 aliphatic carbocycles. The van der Waals surface area contributed by atoms with Crippen LogP contribution < -0.4 is 10.5 Å². The fraction of sp³-hybridized carbons (Fsp3) is 0.0556. The van der Waals surface area contributed by atoms with Crippen LogP contribution in [0.5, 0.6) is 0 Å². The van der Waals surface area contributed by atoms with Gasteiger partial charge in [-0.1, -0.05) is 12.1 Å². The maximum atomic E-state index is 13.7. The predicted molar refractivity (Wildman–Crippen MR) is 96.5 cm³/mol. The van der Waals surface area contributed by atoms with E-state index in [1.807, 2.05) is 0 Å². The SMILES string of the molecule is Cn1cc(S(=O)(=O)Nc2ccc(F)cc2-c2ccc(F)cc2)cc1C(N)=O. The highest BCUT2D eigenvalue weighted by molar-refractivity contribution is 7.92. The van der Waals surface area contributed by atoms with Crippen LogP contribution in [0, 0.1) is 11.6 Å². The quantitative estimate of drug-likeness (QED) is 0.700. The molecule has 2 aromatic carbocycles. The molecule has 9 heteroatoms. The van der Waals surface area contributed by atoms with Crippen molar-refractivity contribution in [2.45, 2.75) is 4.90 Å². The molecule has 3 N–H and O–H groups in total. The summed E-state index contributed by atoms with van der Waals surface area (Å²) < 4.78 is 55.9. The van der Waals surface area contributed by atoms with Gasteiger partial charge >= 0.3 is 0 Å². The summed E-state index contributed by atoms with van der Waals surface area (Å²) in [5.74, 6) is -1.82. The number of hydrogen-bond acceptors (Lipinski definition) is 3. The van der Waals surface area contributed by atoms with Crippen LogP contribution in [0.25, 0.3) is 11.1 Å². The Hall–Kier alpha value is -3.20. The van der Waals surface area contributed by atoms with E-state index in [9.17, 15) is 22.0 Å². The van der Waals surface area contributed by atoms with Crippen LogP contribution in [-0.4, -0.2) is 18.9 Å². The number of sulfonamides is 1. The van der Waals surface area contributed by atoms with Crippen molar-refractivity contribution >= 4 is 21.6 Å². The largest absolute Gasteiger partial charge is 0.364 e. The highest BCUT2D eigenvalue weighted by Crippen LogP contribution is 2.31. The van der Waals surface area contributed by atoms with Crippen LogP contribution in [0.15, 0.2) is 59.6 Å². The van der Waals surface area contributed by atoms with E-state index in [1.165, 1.54) is 48.1 Å². The van der Waals surface area contributed by atoms with Crippen molar-refractivity contribution in [2.24, 2.45) is 12.8 Å². The zero-order valence-corrected chi connectivity index (χ0v) is 14.9. The van der Waals surface area contributed by atoms with Crippen LogP contribution in [0.1, 0.15) is 10.5 Å². The molecule has 0 atom stereocenters. The molecule has 0 aliphatic rings. The van der Waals surface area contributed by atoms with Gasteiger partial charge in [-0.2, -0.15) is 0 Å². The van der Waals surface area contributed by atoms with Gasteiger partial charge in [-0.15, -0.1) is 0 Å². The number of carbonyl (C=O) groups is 1. The van der Waals surface area contributed by atoms with E-state index < -0.39 is 27.6 Å². The van der Waals surface area contributed by atoms with E-state index >= 15 is 0 Å². The minimum Gasteiger partial charge on any atom is -0.364 e. The lowest BCUT2D eigenvalue weighted by atomic mass is 10.0. The molecule has 0 saturated carbocycles. The smallest absolute Gasteiger partial charge is 0.265 e. The molecule has 1 aromatic heterocycles. The molecule has 1 amide bonds. The molecular weight excluding hydrogens is 376 g/mol.